The highest BCUT2D eigenvalue weighted by Crippen LogP contribution is 2.59. The molecule has 1 saturated carbocycles. The molecule has 0 radical (unpaired) electrons. The third kappa shape index (κ3) is 3.08. The Kier molecular flexibility index (Phi) is 4.96. The second-order valence-corrected chi connectivity index (χ2v) is 10.4. The number of para-hydroxylation sites is 1. The molecule has 0 spiro atoms. The molecule has 2 amide bonds. The van der Waals surface area contributed by atoms with Crippen molar-refractivity contribution >= 4 is 39.0 Å². The van der Waals surface area contributed by atoms with Crippen molar-refractivity contribution in [3.63, 3.8) is 0 Å². The summed E-state index contributed by atoms with van der Waals surface area (Å²) in [6.07, 6.45) is 4.30. The summed E-state index contributed by atoms with van der Waals surface area (Å²) in [6, 6.07) is 24.6. The van der Waals surface area contributed by atoms with E-state index in [9.17, 15) is 9.59 Å². The lowest BCUT2D eigenvalue weighted by Gasteiger charge is -2.22. The van der Waals surface area contributed by atoms with Crippen LogP contribution in [0.1, 0.15) is 22.3 Å². The summed E-state index contributed by atoms with van der Waals surface area (Å²) in [7, 11) is 0. The van der Waals surface area contributed by atoms with Crippen molar-refractivity contribution in [2.45, 2.75) is 13.8 Å². The zero-order chi connectivity index (χ0) is 23.6. The van der Waals surface area contributed by atoms with Gasteiger partial charge in [0, 0.05) is 16.3 Å². The van der Waals surface area contributed by atoms with E-state index in [-0.39, 0.29) is 35.5 Å². The summed E-state index contributed by atoms with van der Waals surface area (Å²) >= 11 is 3.52. The van der Waals surface area contributed by atoms with Gasteiger partial charge in [-0.3, -0.25) is 9.59 Å². The van der Waals surface area contributed by atoms with E-state index in [1.54, 1.807) is 0 Å². The molecule has 1 aliphatic heterocycles. The van der Waals surface area contributed by atoms with Gasteiger partial charge in [0.25, 0.3) is 0 Å². The fourth-order valence-corrected chi connectivity index (χ4v) is 6.37. The van der Waals surface area contributed by atoms with E-state index in [4.69, 9.17) is 0 Å². The van der Waals surface area contributed by atoms with Crippen LogP contribution in [-0.2, 0) is 9.59 Å². The standard InChI is InChI=1S/C30H24BrNO2/c1-17-7-11-19(12-8-17)25(20-13-9-18(2)10-14-20)26-21-15-16-22(26)28-27(21)29(33)32(30(28)34)24-6-4-3-5-23(24)31/h3-16,21-22,27-28H,1-2H3/t21-,22-,27-,28-/m1/s1. The van der Waals surface area contributed by atoms with E-state index in [0.717, 1.165) is 21.2 Å². The molecule has 3 nitrogen and oxygen atoms in total. The molecule has 168 valence electrons. The number of benzene rings is 3. The van der Waals surface area contributed by atoms with E-state index in [1.807, 2.05) is 24.3 Å². The Morgan fingerprint density at radius 2 is 1.18 bits per heavy atom. The van der Waals surface area contributed by atoms with Crippen LogP contribution in [-0.4, -0.2) is 11.8 Å². The molecule has 34 heavy (non-hydrogen) atoms. The van der Waals surface area contributed by atoms with Gasteiger partial charge in [-0.05, 0) is 64.2 Å². The van der Waals surface area contributed by atoms with Gasteiger partial charge in [0.15, 0.2) is 0 Å². The lowest BCUT2D eigenvalue weighted by molar-refractivity contribution is -0.122. The number of aryl methyl sites for hydroxylation is 2. The van der Waals surface area contributed by atoms with Crippen LogP contribution in [0.25, 0.3) is 5.57 Å². The third-order valence-corrected chi connectivity index (χ3v) is 8.15. The van der Waals surface area contributed by atoms with E-state index < -0.39 is 0 Å². The van der Waals surface area contributed by atoms with Crippen molar-refractivity contribution in [2.75, 3.05) is 4.90 Å². The summed E-state index contributed by atoms with van der Waals surface area (Å²) in [4.78, 5) is 28.8. The molecule has 0 aromatic heterocycles. The zero-order valence-electron chi connectivity index (χ0n) is 19.0. The smallest absolute Gasteiger partial charge is 0.238 e. The lowest BCUT2D eigenvalue weighted by atomic mass is 9.85. The topological polar surface area (TPSA) is 37.4 Å². The van der Waals surface area contributed by atoms with Crippen LogP contribution in [0.5, 0.6) is 0 Å². The molecule has 4 heteroatoms. The molecule has 2 bridgehead atoms. The molecule has 2 fully saturated rings. The van der Waals surface area contributed by atoms with Crippen LogP contribution in [0.3, 0.4) is 0 Å². The largest absolute Gasteiger partial charge is 0.274 e. The number of halogens is 1. The van der Waals surface area contributed by atoms with Crippen molar-refractivity contribution in [2.24, 2.45) is 23.7 Å². The molecule has 3 aromatic rings. The van der Waals surface area contributed by atoms with Gasteiger partial charge in [-0.15, -0.1) is 0 Å². The third-order valence-electron chi connectivity index (χ3n) is 7.48. The number of anilines is 1. The second kappa shape index (κ2) is 7.92. The molecule has 6 rings (SSSR count). The highest BCUT2D eigenvalue weighted by molar-refractivity contribution is 9.10. The number of carbonyl (C=O) groups is 2. The Bertz CT molecular complexity index is 1300. The number of rotatable bonds is 3. The lowest BCUT2D eigenvalue weighted by Crippen LogP contribution is -2.33. The first kappa shape index (κ1) is 21.3. The molecule has 3 aromatic carbocycles. The maximum atomic E-state index is 13.7. The first-order chi connectivity index (χ1) is 16.5. The van der Waals surface area contributed by atoms with Crippen LogP contribution in [0.2, 0.25) is 0 Å². The minimum absolute atomic E-state index is 0.0726. The number of fused-ring (bicyclic) bond motifs is 5. The zero-order valence-corrected chi connectivity index (χ0v) is 20.6. The second-order valence-electron chi connectivity index (χ2n) is 9.51. The van der Waals surface area contributed by atoms with Gasteiger partial charge in [0.05, 0.1) is 17.5 Å². The predicted octanol–water partition coefficient (Wildman–Crippen LogP) is 6.49. The molecule has 1 heterocycles. The Hall–Kier alpha value is -3.24. The number of hydrogen-bond acceptors (Lipinski definition) is 2. The predicted molar refractivity (Wildman–Crippen MR) is 138 cm³/mol. The van der Waals surface area contributed by atoms with Gasteiger partial charge in [0.1, 0.15) is 0 Å². The molecule has 1 saturated heterocycles. The van der Waals surface area contributed by atoms with Gasteiger partial charge in [-0.1, -0.05) is 83.9 Å². The van der Waals surface area contributed by atoms with Crippen LogP contribution in [0.15, 0.2) is 95.0 Å². The van der Waals surface area contributed by atoms with E-state index in [1.165, 1.54) is 21.6 Å². The number of nitrogens with zero attached hydrogens (tertiary/aromatic N) is 1. The van der Waals surface area contributed by atoms with Crippen LogP contribution >= 0.6 is 15.9 Å². The van der Waals surface area contributed by atoms with Gasteiger partial charge in [-0.25, -0.2) is 4.90 Å². The van der Waals surface area contributed by atoms with Gasteiger partial charge in [-0.2, -0.15) is 0 Å². The number of imide groups is 1. The first-order valence-electron chi connectivity index (χ1n) is 11.6. The summed E-state index contributed by atoms with van der Waals surface area (Å²) < 4.78 is 0.757. The van der Waals surface area contributed by atoms with E-state index in [2.05, 4.69) is 90.5 Å². The maximum Gasteiger partial charge on any atom is 0.238 e. The highest BCUT2D eigenvalue weighted by atomic mass is 79.9. The summed E-state index contributed by atoms with van der Waals surface area (Å²) in [6.45, 7) is 4.17. The van der Waals surface area contributed by atoms with Crippen molar-refractivity contribution in [3.05, 3.63) is 117 Å². The minimum Gasteiger partial charge on any atom is -0.274 e. The molecule has 3 aliphatic rings. The molecule has 4 atom stereocenters. The van der Waals surface area contributed by atoms with Gasteiger partial charge in [0.2, 0.25) is 11.8 Å². The number of hydrogen-bond donors (Lipinski definition) is 0. The molecule has 0 unspecified atom stereocenters. The Morgan fingerprint density at radius 3 is 1.65 bits per heavy atom. The molecular formula is C30H24BrNO2. The van der Waals surface area contributed by atoms with Crippen molar-refractivity contribution < 1.29 is 9.59 Å². The quantitative estimate of drug-likeness (QED) is 0.299. The average Bonchev–Trinajstić information content (AvgIpc) is 3.46. The Labute approximate surface area is 207 Å². The van der Waals surface area contributed by atoms with Crippen LogP contribution < -0.4 is 4.90 Å². The summed E-state index contributed by atoms with van der Waals surface area (Å²) in [5.41, 5.74) is 7.66. The maximum absolute atomic E-state index is 13.7. The number of allylic oxidation sites excluding steroid dienone is 3. The summed E-state index contributed by atoms with van der Waals surface area (Å²) in [5, 5.41) is 0. The summed E-state index contributed by atoms with van der Waals surface area (Å²) in [5.74, 6) is -1.04. The fourth-order valence-electron chi connectivity index (χ4n) is 5.91. The number of carbonyl (C=O) groups excluding carboxylic acids is 2. The van der Waals surface area contributed by atoms with Crippen molar-refractivity contribution in [1.29, 1.82) is 0 Å². The SMILES string of the molecule is Cc1ccc(C(=C2[C@H]3C=C[C@H]2[C@H]2C(=O)N(c4ccccc4Br)C(=O)[C@@H]23)c2ccc(C)cc2)cc1. The molecule has 2 aliphatic carbocycles. The fraction of sp³-hybridized carbons (Fsp3) is 0.200. The van der Waals surface area contributed by atoms with Crippen LogP contribution in [0.4, 0.5) is 5.69 Å². The van der Waals surface area contributed by atoms with Crippen LogP contribution in [0, 0.1) is 37.5 Å². The monoisotopic (exact) mass is 509 g/mol. The van der Waals surface area contributed by atoms with E-state index in [0.29, 0.717) is 5.69 Å². The first-order valence-corrected chi connectivity index (χ1v) is 12.4. The normalized spacial score (nSPS) is 24.8. The van der Waals surface area contributed by atoms with Crippen molar-refractivity contribution in [1.82, 2.24) is 0 Å². The van der Waals surface area contributed by atoms with Crippen molar-refractivity contribution in [3.8, 4) is 0 Å². The Balaban J connectivity index is 1.50. The highest BCUT2D eigenvalue weighted by Gasteiger charge is 2.62. The Morgan fingerprint density at radius 1 is 0.706 bits per heavy atom. The number of amides is 2. The van der Waals surface area contributed by atoms with Gasteiger partial charge < -0.3 is 0 Å². The van der Waals surface area contributed by atoms with Gasteiger partial charge >= 0.3 is 0 Å². The molecule has 0 N–H and O–H groups in total. The minimum atomic E-state index is -0.351. The van der Waals surface area contributed by atoms with E-state index >= 15 is 0 Å². The average molecular weight is 510 g/mol. The molecular weight excluding hydrogens is 486 g/mol.